The van der Waals surface area contributed by atoms with Gasteiger partial charge in [0.1, 0.15) is 6.61 Å². The Hall–Kier alpha value is -2.35. The third-order valence-electron chi connectivity index (χ3n) is 4.94. The van der Waals surface area contributed by atoms with Gasteiger partial charge in [-0.1, -0.05) is 45.9 Å². The summed E-state index contributed by atoms with van der Waals surface area (Å²) in [7, 11) is 0. The number of alkyl halides is 3. The molecular formula is C23H29F3O5. The fourth-order valence-electron chi connectivity index (χ4n) is 3.78. The molecule has 2 rings (SSSR count). The number of hydrogen-bond donors (Lipinski definition) is 1. The lowest BCUT2D eigenvalue weighted by atomic mass is 9.84. The van der Waals surface area contributed by atoms with E-state index in [9.17, 15) is 27.9 Å². The van der Waals surface area contributed by atoms with Gasteiger partial charge in [-0.15, -0.1) is 0 Å². The van der Waals surface area contributed by atoms with Crippen molar-refractivity contribution in [2.75, 3.05) is 13.2 Å². The van der Waals surface area contributed by atoms with Gasteiger partial charge in [0.15, 0.2) is 5.60 Å². The summed E-state index contributed by atoms with van der Waals surface area (Å²) in [4.78, 5) is 24.4. The average Bonchev–Trinajstić information content (AvgIpc) is 2.94. The van der Waals surface area contributed by atoms with Gasteiger partial charge in [0.25, 0.3) is 0 Å². The lowest BCUT2D eigenvalue weighted by molar-refractivity contribution is -0.166. The molecule has 172 valence electrons. The van der Waals surface area contributed by atoms with Crippen LogP contribution in [0.2, 0.25) is 0 Å². The lowest BCUT2D eigenvalue weighted by Crippen LogP contribution is -2.39. The van der Waals surface area contributed by atoms with Crippen LogP contribution in [0.25, 0.3) is 6.08 Å². The largest absolute Gasteiger partial charge is 0.461 e. The minimum Gasteiger partial charge on any atom is -0.461 e. The van der Waals surface area contributed by atoms with Crippen LogP contribution in [0.4, 0.5) is 13.2 Å². The van der Waals surface area contributed by atoms with Crippen LogP contribution in [-0.4, -0.2) is 35.9 Å². The van der Waals surface area contributed by atoms with Gasteiger partial charge < -0.3 is 14.6 Å². The summed E-state index contributed by atoms with van der Waals surface area (Å²) < 4.78 is 50.1. The van der Waals surface area contributed by atoms with Crippen molar-refractivity contribution in [3.63, 3.8) is 0 Å². The van der Waals surface area contributed by atoms with Gasteiger partial charge >= 0.3 is 18.1 Å². The first kappa shape index (κ1) is 24.9. The third-order valence-corrected chi connectivity index (χ3v) is 4.94. The fraction of sp³-hybridized carbons (Fsp3) is 0.565. The second kappa shape index (κ2) is 9.42. The predicted molar refractivity (Wildman–Crippen MR) is 109 cm³/mol. The van der Waals surface area contributed by atoms with E-state index < -0.39 is 35.9 Å². The number of ether oxygens (including phenoxy) is 2. The molecule has 0 bridgehead atoms. The summed E-state index contributed by atoms with van der Waals surface area (Å²) in [5, 5.41) is 9.77. The highest BCUT2D eigenvalue weighted by Gasteiger charge is 2.45. The van der Waals surface area contributed by atoms with Crippen LogP contribution >= 0.6 is 0 Å². The van der Waals surface area contributed by atoms with Gasteiger partial charge in [0.2, 0.25) is 0 Å². The molecule has 1 fully saturated rings. The predicted octanol–water partition coefficient (Wildman–Crippen LogP) is 4.77. The van der Waals surface area contributed by atoms with Crippen LogP contribution in [0.3, 0.4) is 0 Å². The number of rotatable bonds is 7. The Morgan fingerprint density at radius 1 is 1.29 bits per heavy atom. The number of aliphatic hydroxyl groups excluding tert-OH is 1. The van der Waals surface area contributed by atoms with Crippen molar-refractivity contribution in [3.05, 3.63) is 41.0 Å². The summed E-state index contributed by atoms with van der Waals surface area (Å²) in [5.41, 5.74) is -2.53. The Bertz CT molecular complexity index is 838. The van der Waals surface area contributed by atoms with Crippen molar-refractivity contribution >= 4 is 18.0 Å². The molecule has 0 spiro atoms. The Balaban J connectivity index is 2.09. The maximum absolute atomic E-state index is 13.2. The first-order valence-electron chi connectivity index (χ1n) is 10.1. The van der Waals surface area contributed by atoms with Gasteiger partial charge in [-0.3, -0.25) is 4.79 Å². The highest BCUT2D eigenvalue weighted by Crippen LogP contribution is 2.36. The Labute approximate surface area is 180 Å². The van der Waals surface area contributed by atoms with Crippen LogP contribution in [0, 0.1) is 11.3 Å². The van der Waals surface area contributed by atoms with Crippen molar-refractivity contribution in [2.24, 2.45) is 11.3 Å². The minimum atomic E-state index is -4.58. The van der Waals surface area contributed by atoms with Crippen molar-refractivity contribution < 1.29 is 37.3 Å². The minimum absolute atomic E-state index is 0.0251. The summed E-state index contributed by atoms with van der Waals surface area (Å²) in [5.74, 6) is -1.25. The number of benzene rings is 1. The number of carbonyl (C=O) groups excluding carboxylic acids is 2. The van der Waals surface area contributed by atoms with Crippen LogP contribution in [0.5, 0.6) is 0 Å². The molecule has 1 aromatic carbocycles. The molecule has 0 saturated carbocycles. The fourth-order valence-corrected chi connectivity index (χ4v) is 3.78. The molecule has 8 heteroatoms. The second-order valence-electron chi connectivity index (χ2n) is 9.40. The van der Waals surface area contributed by atoms with Crippen LogP contribution in [0.1, 0.15) is 58.1 Å². The molecule has 2 atom stereocenters. The van der Waals surface area contributed by atoms with Crippen molar-refractivity contribution in [3.8, 4) is 0 Å². The van der Waals surface area contributed by atoms with Crippen LogP contribution in [0.15, 0.2) is 29.8 Å². The van der Waals surface area contributed by atoms with E-state index in [0.29, 0.717) is 0 Å². The van der Waals surface area contributed by atoms with E-state index in [1.807, 2.05) is 6.92 Å². The van der Waals surface area contributed by atoms with E-state index in [-0.39, 0.29) is 41.9 Å². The highest BCUT2D eigenvalue weighted by atomic mass is 19.4. The standard InChI is InChI=1S/C23H29F3O5/c1-15(11-21(2,3)4)9-19(28)30-14-22(13-27)12-17(20(29)31-22)10-16-7-5-6-8-18(16)23(24,25)26/h5-8,10,15,27H,9,11-14H2,1-4H3/b17-10+. The Morgan fingerprint density at radius 3 is 2.52 bits per heavy atom. The summed E-state index contributed by atoms with van der Waals surface area (Å²) in [6.07, 6.45) is -2.65. The van der Waals surface area contributed by atoms with E-state index in [0.717, 1.165) is 18.6 Å². The quantitative estimate of drug-likeness (QED) is 0.486. The van der Waals surface area contributed by atoms with Gasteiger partial charge in [-0.2, -0.15) is 13.2 Å². The highest BCUT2D eigenvalue weighted by molar-refractivity contribution is 5.96. The normalized spacial score (nSPS) is 21.8. The SMILES string of the molecule is CC(CC(=O)OCC1(CO)C/C(=C\c2ccccc2C(F)(F)F)C(=O)O1)CC(C)(C)C. The molecule has 5 nitrogen and oxygen atoms in total. The number of cyclic esters (lactones) is 1. The second-order valence-corrected chi connectivity index (χ2v) is 9.40. The maximum Gasteiger partial charge on any atom is 0.416 e. The molecule has 1 aliphatic rings. The smallest absolute Gasteiger partial charge is 0.416 e. The van der Waals surface area contributed by atoms with E-state index >= 15 is 0 Å². The Morgan fingerprint density at radius 2 is 1.94 bits per heavy atom. The van der Waals surface area contributed by atoms with E-state index in [4.69, 9.17) is 9.47 Å². The molecule has 31 heavy (non-hydrogen) atoms. The first-order chi connectivity index (χ1) is 14.2. The van der Waals surface area contributed by atoms with E-state index in [2.05, 4.69) is 20.8 Å². The summed E-state index contributed by atoms with van der Waals surface area (Å²) >= 11 is 0. The van der Waals surface area contributed by atoms with Gasteiger partial charge in [0.05, 0.1) is 12.2 Å². The number of hydrogen-bond acceptors (Lipinski definition) is 5. The topological polar surface area (TPSA) is 72.8 Å². The first-order valence-corrected chi connectivity index (χ1v) is 10.1. The van der Waals surface area contributed by atoms with Crippen molar-refractivity contribution in [1.29, 1.82) is 0 Å². The zero-order chi connectivity index (χ0) is 23.4. The van der Waals surface area contributed by atoms with Gasteiger partial charge in [0, 0.05) is 18.4 Å². The average molecular weight is 442 g/mol. The van der Waals surface area contributed by atoms with E-state index in [1.54, 1.807) is 0 Å². The molecule has 0 aromatic heterocycles. The molecule has 1 N–H and O–H groups in total. The molecule has 0 radical (unpaired) electrons. The molecule has 0 amide bonds. The van der Waals surface area contributed by atoms with Crippen molar-refractivity contribution in [2.45, 2.75) is 58.7 Å². The molecule has 0 aliphatic carbocycles. The monoisotopic (exact) mass is 442 g/mol. The maximum atomic E-state index is 13.2. The molecule has 2 unspecified atom stereocenters. The zero-order valence-electron chi connectivity index (χ0n) is 18.2. The number of esters is 2. The van der Waals surface area contributed by atoms with Crippen LogP contribution < -0.4 is 0 Å². The number of aliphatic hydroxyl groups is 1. The molecule has 1 aliphatic heterocycles. The van der Waals surface area contributed by atoms with Crippen LogP contribution in [-0.2, 0) is 25.2 Å². The molecular weight excluding hydrogens is 413 g/mol. The number of carbonyl (C=O) groups is 2. The van der Waals surface area contributed by atoms with E-state index in [1.165, 1.54) is 18.2 Å². The number of halogens is 3. The van der Waals surface area contributed by atoms with Gasteiger partial charge in [-0.25, -0.2) is 4.79 Å². The molecule has 1 saturated heterocycles. The zero-order valence-corrected chi connectivity index (χ0v) is 18.2. The molecule has 1 aromatic rings. The van der Waals surface area contributed by atoms with Crippen molar-refractivity contribution in [1.82, 2.24) is 0 Å². The van der Waals surface area contributed by atoms with Gasteiger partial charge in [-0.05, 0) is 35.5 Å². The lowest BCUT2D eigenvalue weighted by Gasteiger charge is -2.25. The summed E-state index contributed by atoms with van der Waals surface area (Å²) in [6, 6.07) is 4.86. The Kier molecular flexibility index (Phi) is 7.57. The summed E-state index contributed by atoms with van der Waals surface area (Å²) in [6.45, 7) is 7.15. The molecule has 1 heterocycles. The third kappa shape index (κ3) is 7.09.